The normalized spacial score (nSPS) is 20.3. The van der Waals surface area contributed by atoms with Crippen LogP contribution in [0.15, 0.2) is 28.6 Å². The third kappa shape index (κ3) is 5.89. The molecule has 236 valence electrons. The first-order chi connectivity index (χ1) is 20.7. The van der Waals surface area contributed by atoms with Crippen molar-refractivity contribution in [2.45, 2.75) is 96.2 Å². The van der Waals surface area contributed by atoms with Crippen LogP contribution in [-0.2, 0) is 23.3 Å². The number of benzene rings is 1. The summed E-state index contributed by atoms with van der Waals surface area (Å²) in [5.41, 5.74) is 3.93. The average Bonchev–Trinajstić information content (AvgIpc) is 3.70. The second-order valence-corrected chi connectivity index (χ2v) is 21.0. The van der Waals surface area contributed by atoms with E-state index in [9.17, 15) is 9.59 Å². The van der Waals surface area contributed by atoms with E-state index in [1.54, 1.807) is 17.1 Å². The highest BCUT2D eigenvalue weighted by atomic mass is 35.5. The fourth-order valence-corrected chi connectivity index (χ4v) is 8.28. The fourth-order valence-electron chi connectivity index (χ4n) is 6.40. The second-order valence-electron chi connectivity index (χ2n) is 14.2. The minimum Gasteiger partial charge on any atom is -0.444 e. The lowest BCUT2D eigenvalue weighted by Crippen LogP contribution is -2.46. The van der Waals surface area contributed by atoms with Crippen LogP contribution in [-0.4, -0.2) is 63.6 Å². The maximum atomic E-state index is 14.3. The first-order valence-corrected chi connectivity index (χ1v) is 20.2. The van der Waals surface area contributed by atoms with Crippen molar-refractivity contribution in [3.05, 3.63) is 39.2 Å². The van der Waals surface area contributed by atoms with Crippen molar-refractivity contribution in [3.8, 4) is 11.1 Å². The zero-order valence-corrected chi connectivity index (χ0v) is 29.0. The number of hydrogen-bond acceptors (Lipinski definition) is 8. The Morgan fingerprint density at radius 3 is 2.70 bits per heavy atom. The number of nitrogens with zero attached hydrogens (tertiary/aromatic N) is 5. The smallest absolute Gasteiger partial charge is 0.407 e. The van der Waals surface area contributed by atoms with Crippen LogP contribution in [0.4, 0.5) is 10.7 Å². The van der Waals surface area contributed by atoms with Gasteiger partial charge in [0.25, 0.3) is 5.56 Å². The summed E-state index contributed by atoms with van der Waals surface area (Å²) in [6, 6.07) is 4.99. The van der Waals surface area contributed by atoms with Crippen molar-refractivity contribution in [2.24, 2.45) is 7.05 Å². The Hall–Kier alpha value is -2.93. The second kappa shape index (κ2) is 11.5. The molecule has 5 heterocycles. The summed E-state index contributed by atoms with van der Waals surface area (Å²) in [5, 5.41) is 4.16. The number of carbonyl (C=O) groups is 1. The standard InChI is InChI=1S/C31H41ClN6O4SSi/c1-31(2,3)42-30(40)34-22-14-18-8-11-23(22)38(18)29-35-27-24(28(39)36(29)4)20(15-37(27)17-41-12-13-44(5,6)7)19-9-10-21-26(25(19)32)43-16-33-21/h9-10,15-16,18,22-23H,8,11-14,17H2,1-7H3,(H,34,40)/t18-,22+,23+/m0/s1. The Kier molecular flexibility index (Phi) is 8.09. The SMILES string of the molecule is Cn1c(N2[C@H]3CC[C@@H]2[C@H](NC(=O)OC(C)(C)C)C3)nc2c(c(-c3ccc4ncsc4c3Cl)cn2COCC[Si](C)(C)C)c1=O. The van der Waals surface area contributed by atoms with Crippen molar-refractivity contribution in [2.75, 3.05) is 11.5 Å². The van der Waals surface area contributed by atoms with Crippen molar-refractivity contribution in [1.29, 1.82) is 0 Å². The molecule has 4 aromatic rings. The molecule has 2 aliphatic heterocycles. The van der Waals surface area contributed by atoms with Gasteiger partial charge in [-0.05, 0) is 52.1 Å². The van der Waals surface area contributed by atoms with Gasteiger partial charge in [0, 0.05) is 45.1 Å². The van der Waals surface area contributed by atoms with Gasteiger partial charge in [0.2, 0.25) is 5.95 Å². The Labute approximate surface area is 267 Å². The molecule has 13 heteroatoms. The highest BCUT2D eigenvalue weighted by Crippen LogP contribution is 2.42. The lowest BCUT2D eigenvalue weighted by molar-refractivity contribution is 0.0497. The van der Waals surface area contributed by atoms with Gasteiger partial charge in [0.05, 0.1) is 38.2 Å². The summed E-state index contributed by atoms with van der Waals surface area (Å²) in [4.78, 5) is 38.7. The van der Waals surface area contributed by atoms with Crippen molar-refractivity contribution in [3.63, 3.8) is 0 Å². The molecule has 1 amide bonds. The topological polar surface area (TPSA) is 104 Å². The minimum absolute atomic E-state index is 0.0159. The van der Waals surface area contributed by atoms with Crippen LogP contribution in [0.25, 0.3) is 32.4 Å². The number of thiazole rings is 1. The molecule has 6 rings (SSSR count). The molecule has 1 N–H and O–H groups in total. The lowest BCUT2D eigenvalue weighted by atomic mass is 9.96. The monoisotopic (exact) mass is 656 g/mol. The quantitative estimate of drug-likeness (QED) is 0.168. The molecule has 2 saturated heterocycles. The number of aromatic nitrogens is 4. The maximum absolute atomic E-state index is 14.3. The van der Waals surface area contributed by atoms with Gasteiger partial charge in [-0.1, -0.05) is 37.3 Å². The van der Waals surface area contributed by atoms with Crippen molar-refractivity contribution in [1.82, 2.24) is 24.4 Å². The number of alkyl carbamates (subject to hydrolysis) is 1. The molecule has 0 aliphatic carbocycles. The summed E-state index contributed by atoms with van der Waals surface area (Å²) in [5.74, 6) is 0.598. The van der Waals surface area contributed by atoms with Gasteiger partial charge < -0.3 is 24.3 Å². The molecular weight excluding hydrogens is 616 g/mol. The molecular formula is C31H41ClN6O4SSi. The number of ether oxygens (including phenoxy) is 2. The fraction of sp³-hybridized carbons (Fsp3) is 0.548. The Morgan fingerprint density at radius 1 is 1.20 bits per heavy atom. The molecule has 0 spiro atoms. The predicted octanol–water partition coefficient (Wildman–Crippen LogP) is 6.61. The molecule has 0 unspecified atom stereocenters. The van der Waals surface area contributed by atoms with E-state index in [0.717, 1.165) is 46.7 Å². The van der Waals surface area contributed by atoms with Gasteiger partial charge in [-0.25, -0.2) is 9.78 Å². The summed E-state index contributed by atoms with van der Waals surface area (Å²) in [6.07, 6.45) is 4.17. The van der Waals surface area contributed by atoms with E-state index in [1.807, 2.05) is 43.7 Å². The summed E-state index contributed by atoms with van der Waals surface area (Å²) in [7, 11) is 0.498. The number of amides is 1. The van der Waals surface area contributed by atoms with E-state index in [-0.39, 0.29) is 30.4 Å². The summed E-state index contributed by atoms with van der Waals surface area (Å²) < 4.78 is 16.2. The highest BCUT2D eigenvalue weighted by molar-refractivity contribution is 7.17. The maximum Gasteiger partial charge on any atom is 0.407 e. The molecule has 2 aliphatic rings. The first-order valence-electron chi connectivity index (χ1n) is 15.2. The predicted molar refractivity (Wildman–Crippen MR) is 180 cm³/mol. The van der Waals surface area contributed by atoms with Crippen molar-refractivity contribution >= 4 is 64.3 Å². The lowest BCUT2D eigenvalue weighted by Gasteiger charge is -2.28. The molecule has 2 bridgehead atoms. The zero-order valence-electron chi connectivity index (χ0n) is 26.4. The number of halogens is 1. The van der Waals surface area contributed by atoms with Crippen LogP contribution in [0.1, 0.15) is 40.0 Å². The Bertz CT molecular complexity index is 1790. The van der Waals surface area contributed by atoms with E-state index >= 15 is 0 Å². The number of nitrogens with one attached hydrogen (secondary N) is 1. The molecule has 0 radical (unpaired) electrons. The van der Waals surface area contributed by atoms with E-state index in [1.165, 1.54) is 11.3 Å². The molecule has 3 aromatic heterocycles. The number of hydrogen-bond donors (Lipinski definition) is 1. The van der Waals surface area contributed by atoms with Gasteiger partial charge >= 0.3 is 6.09 Å². The van der Waals surface area contributed by atoms with Gasteiger partial charge in [0.15, 0.2) is 5.65 Å². The Balaban J connectivity index is 1.40. The minimum atomic E-state index is -1.28. The number of carbonyl (C=O) groups excluding carboxylic acids is 1. The number of rotatable bonds is 8. The van der Waals surface area contributed by atoms with Crippen LogP contribution in [0.5, 0.6) is 0 Å². The van der Waals surface area contributed by atoms with Crippen LogP contribution in [0.3, 0.4) is 0 Å². The van der Waals surface area contributed by atoms with Crippen molar-refractivity contribution < 1.29 is 14.3 Å². The summed E-state index contributed by atoms with van der Waals surface area (Å²) in [6.45, 7) is 13.5. The molecule has 0 saturated carbocycles. The molecule has 10 nitrogen and oxygen atoms in total. The van der Waals surface area contributed by atoms with E-state index in [4.69, 9.17) is 26.1 Å². The van der Waals surface area contributed by atoms with Gasteiger partial charge in [0.1, 0.15) is 12.3 Å². The molecule has 1 aromatic carbocycles. The van der Waals surface area contributed by atoms with E-state index in [2.05, 4.69) is 34.8 Å². The average molecular weight is 657 g/mol. The molecule has 44 heavy (non-hydrogen) atoms. The summed E-state index contributed by atoms with van der Waals surface area (Å²) >= 11 is 8.41. The van der Waals surface area contributed by atoms with Crippen LogP contribution in [0.2, 0.25) is 30.7 Å². The largest absolute Gasteiger partial charge is 0.444 e. The van der Waals surface area contributed by atoms with Gasteiger partial charge in [-0.2, -0.15) is 4.98 Å². The van der Waals surface area contributed by atoms with Gasteiger partial charge in [-0.15, -0.1) is 11.3 Å². The highest BCUT2D eigenvalue weighted by Gasteiger charge is 2.49. The first kappa shape index (κ1) is 31.1. The van der Waals surface area contributed by atoms with Crippen LogP contribution in [0, 0.1) is 0 Å². The molecule has 3 atom stereocenters. The van der Waals surface area contributed by atoms with E-state index in [0.29, 0.717) is 28.6 Å². The third-order valence-corrected chi connectivity index (χ3v) is 11.6. The van der Waals surface area contributed by atoms with Crippen LogP contribution >= 0.6 is 22.9 Å². The van der Waals surface area contributed by atoms with Gasteiger partial charge in [-0.3, -0.25) is 9.36 Å². The Morgan fingerprint density at radius 2 is 1.98 bits per heavy atom. The van der Waals surface area contributed by atoms with Crippen LogP contribution < -0.4 is 15.8 Å². The molecule has 2 fully saturated rings. The number of anilines is 1. The zero-order chi connectivity index (χ0) is 31.6. The third-order valence-electron chi connectivity index (χ3n) is 8.50. The number of fused-ring (bicyclic) bond motifs is 4. The van der Waals surface area contributed by atoms with E-state index < -0.39 is 19.8 Å².